The Kier molecular flexibility index (Phi) is 46.1. The van der Waals surface area contributed by atoms with Crippen LogP contribution < -0.4 is 5.32 Å². The molecule has 0 aliphatic carbocycles. The van der Waals surface area contributed by atoms with Crippen molar-refractivity contribution in [2.24, 2.45) is 0 Å². The lowest BCUT2D eigenvalue weighted by molar-refractivity contribution is -0.151. The molecule has 59 heavy (non-hydrogen) atoms. The van der Waals surface area contributed by atoms with Crippen LogP contribution in [0.5, 0.6) is 0 Å². The molecule has 3 atom stereocenters. The predicted molar refractivity (Wildman–Crippen MR) is 255 cm³/mol. The second-order valence-corrected chi connectivity index (χ2v) is 18.0. The molecule has 0 aromatic carbocycles. The average Bonchev–Trinajstić information content (AvgIpc) is 3.23. The van der Waals surface area contributed by atoms with Crippen molar-refractivity contribution in [1.82, 2.24) is 5.32 Å². The Bertz CT molecular complexity index is 935. The van der Waals surface area contributed by atoms with E-state index in [0.717, 1.165) is 57.8 Å². The summed E-state index contributed by atoms with van der Waals surface area (Å²) in [5.74, 6) is -0.479. The van der Waals surface area contributed by atoms with Gasteiger partial charge in [0.25, 0.3) is 0 Å². The third kappa shape index (κ3) is 42.8. The highest BCUT2D eigenvalue weighted by atomic mass is 16.5. The Labute approximate surface area is 367 Å². The maximum absolute atomic E-state index is 13.2. The van der Waals surface area contributed by atoms with Gasteiger partial charge in [0.15, 0.2) is 0 Å². The van der Waals surface area contributed by atoms with E-state index in [4.69, 9.17) is 4.74 Å². The van der Waals surface area contributed by atoms with Gasteiger partial charge in [-0.05, 0) is 51.4 Å². The molecule has 0 rings (SSSR count). The second kappa shape index (κ2) is 47.4. The highest BCUT2D eigenvalue weighted by Crippen LogP contribution is 2.18. The number of carbonyl (C=O) groups excluding carboxylic acids is 2. The lowest BCUT2D eigenvalue weighted by atomic mass is 10.0. The monoisotopic (exact) mass is 832 g/mol. The van der Waals surface area contributed by atoms with Gasteiger partial charge in [-0.25, -0.2) is 0 Å². The number of allylic oxidation sites excluding steroid dienone is 4. The van der Waals surface area contributed by atoms with E-state index in [0.29, 0.717) is 19.3 Å². The summed E-state index contributed by atoms with van der Waals surface area (Å²) < 4.78 is 5.93. The fraction of sp³-hybridized carbons (Fsp3) is 0.887. The fourth-order valence-corrected chi connectivity index (χ4v) is 8.07. The maximum Gasteiger partial charge on any atom is 0.306 e. The highest BCUT2D eigenvalue weighted by Gasteiger charge is 2.24. The molecule has 0 aliphatic heterocycles. The van der Waals surface area contributed by atoms with E-state index in [9.17, 15) is 19.8 Å². The van der Waals surface area contributed by atoms with Crippen molar-refractivity contribution < 1.29 is 24.5 Å². The summed E-state index contributed by atoms with van der Waals surface area (Å²) in [6.07, 6.45) is 53.8. The molecule has 0 aromatic rings. The van der Waals surface area contributed by atoms with E-state index >= 15 is 0 Å². The topological polar surface area (TPSA) is 95.9 Å². The number of unbranched alkanes of at least 4 members (excludes halogenated alkanes) is 32. The molecule has 0 aliphatic rings. The fourth-order valence-electron chi connectivity index (χ4n) is 8.07. The predicted octanol–water partition coefficient (Wildman–Crippen LogP) is 15.5. The minimum absolute atomic E-state index is 0.0765. The summed E-state index contributed by atoms with van der Waals surface area (Å²) in [7, 11) is 0. The van der Waals surface area contributed by atoms with Crippen LogP contribution in [0.2, 0.25) is 0 Å². The van der Waals surface area contributed by atoms with Gasteiger partial charge in [0.2, 0.25) is 5.91 Å². The molecular formula is C53H101NO5. The van der Waals surface area contributed by atoms with Crippen molar-refractivity contribution >= 4 is 11.9 Å². The van der Waals surface area contributed by atoms with Gasteiger partial charge >= 0.3 is 5.97 Å². The number of rotatable bonds is 47. The minimum Gasteiger partial charge on any atom is -0.462 e. The van der Waals surface area contributed by atoms with E-state index < -0.39 is 18.2 Å². The van der Waals surface area contributed by atoms with Crippen molar-refractivity contribution in [3.8, 4) is 0 Å². The Hall–Kier alpha value is -1.66. The molecule has 0 bridgehead atoms. The van der Waals surface area contributed by atoms with Crippen LogP contribution in [0.15, 0.2) is 24.3 Å². The summed E-state index contributed by atoms with van der Waals surface area (Å²) in [5.41, 5.74) is 0. The molecule has 0 radical (unpaired) electrons. The van der Waals surface area contributed by atoms with Crippen molar-refractivity contribution in [2.75, 3.05) is 6.61 Å². The van der Waals surface area contributed by atoms with Crippen molar-refractivity contribution in [2.45, 2.75) is 296 Å². The molecule has 3 unspecified atom stereocenters. The van der Waals surface area contributed by atoms with Crippen LogP contribution in [0, 0.1) is 0 Å². The van der Waals surface area contributed by atoms with E-state index in [-0.39, 0.29) is 24.9 Å². The number of ether oxygens (including phenoxy) is 1. The summed E-state index contributed by atoms with van der Waals surface area (Å²) in [5, 5.41) is 23.7. The zero-order valence-corrected chi connectivity index (χ0v) is 39.7. The van der Waals surface area contributed by atoms with Crippen LogP contribution in [-0.2, 0) is 14.3 Å². The first-order valence-corrected chi connectivity index (χ1v) is 26.1. The SMILES string of the molecule is CCCCCCCCC/C=C/C=C/CCCCCCCC(=O)OC(CCCCCCCCCCCCCCC)CC(=O)NC(CO)C(O)CCCCCCCCCCC. The van der Waals surface area contributed by atoms with Gasteiger partial charge in [0.1, 0.15) is 6.10 Å². The van der Waals surface area contributed by atoms with Crippen molar-refractivity contribution in [3.63, 3.8) is 0 Å². The molecular weight excluding hydrogens is 731 g/mol. The van der Waals surface area contributed by atoms with Crippen LogP contribution in [0.1, 0.15) is 278 Å². The summed E-state index contributed by atoms with van der Waals surface area (Å²) >= 11 is 0. The minimum atomic E-state index is -0.784. The van der Waals surface area contributed by atoms with E-state index in [1.54, 1.807) is 0 Å². The first kappa shape index (κ1) is 57.3. The molecule has 0 fully saturated rings. The smallest absolute Gasteiger partial charge is 0.306 e. The van der Waals surface area contributed by atoms with E-state index in [2.05, 4.69) is 50.4 Å². The number of hydrogen-bond donors (Lipinski definition) is 3. The molecule has 0 saturated carbocycles. The lowest BCUT2D eigenvalue weighted by Gasteiger charge is -2.24. The number of nitrogens with one attached hydrogen (secondary N) is 1. The molecule has 6 heteroatoms. The van der Waals surface area contributed by atoms with Gasteiger partial charge in [-0.2, -0.15) is 0 Å². The van der Waals surface area contributed by atoms with Gasteiger partial charge < -0.3 is 20.3 Å². The quantitative estimate of drug-likeness (QED) is 0.0322. The van der Waals surface area contributed by atoms with Gasteiger partial charge in [0, 0.05) is 6.42 Å². The number of esters is 1. The number of hydrogen-bond acceptors (Lipinski definition) is 5. The zero-order valence-electron chi connectivity index (χ0n) is 39.7. The molecule has 0 spiro atoms. The third-order valence-electron chi connectivity index (χ3n) is 12.1. The van der Waals surface area contributed by atoms with Crippen LogP contribution in [-0.4, -0.2) is 46.9 Å². The van der Waals surface area contributed by atoms with Gasteiger partial charge in [-0.15, -0.1) is 0 Å². The maximum atomic E-state index is 13.2. The normalized spacial score (nSPS) is 13.4. The molecule has 3 N–H and O–H groups in total. The molecule has 0 aromatic heterocycles. The molecule has 1 amide bonds. The first-order chi connectivity index (χ1) is 29.0. The molecule has 6 nitrogen and oxygen atoms in total. The second-order valence-electron chi connectivity index (χ2n) is 18.0. The Morgan fingerprint density at radius 2 is 0.847 bits per heavy atom. The van der Waals surface area contributed by atoms with Crippen LogP contribution in [0.4, 0.5) is 0 Å². The summed E-state index contributed by atoms with van der Waals surface area (Å²) in [4.78, 5) is 26.1. The number of aliphatic hydroxyl groups is 2. The number of carbonyl (C=O) groups is 2. The standard InChI is InChI=1S/C53H101NO5/c1-4-7-10-13-16-19-21-23-24-25-26-27-29-31-34-37-40-43-46-53(58)59-49(44-41-38-35-33-30-28-22-20-17-14-11-8-5-2)47-52(57)54-50(48-55)51(56)45-42-39-36-32-18-15-12-9-6-3/h24-27,49-51,55-56H,4-23,28-48H2,1-3H3,(H,54,57)/b25-24+,27-26+. The number of amides is 1. The Morgan fingerprint density at radius 3 is 1.25 bits per heavy atom. The van der Waals surface area contributed by atoms with E-state index in [1.165, 1.54) is 173 Å². The lowest BCUT2D eigenvalue weighted by Crippen LogP contribution is -2.46. The molecule has 0 saturated heterocycles. The first-order valence-electron chi connectivity index (χ1n) is 26.1. The largest absolute Gasteiger partial charge is 0.462 e. The Balaban J connectivity index is 4.53. The van der Waals surface area contributed by atoms with Crippen molar-refractivity contribution in [3.05, 3.63) is 24.3 Å². The van der Waals surface area contributed by atoms with Gasteiger partial charge in [-0.1, -0.05) is 238 Å². The molecule has 0 heterocycles. The Morgan fingerprint density at radius 1 is 0.492 bits per heavy atom. The van der Waals surface area contributed by atoms with E-state index in [1.807, 2.05) is 0 Å². The molecule has 348 valence electrons. The third-order valence-corrected chi connectivity index (χ3v) is 12.1. The summed E-state index contributed by atoms with van der Waals surface area (Å²) in [6, 6.07) is -0.698. The van der Waals surface area contributed by atoms with Gasteiger partial charge in [0.05, 0.1) is 25.2 Å². The highest BCUT2D eigenvalue weighted by molar-refractivity contribution is 5.77. The zero-order chi connectivity index (χ0) is 43.1. The number of aliphatic hydroxyl groups excluding tert-OH is 2. The summed E-state index contributed by atoms with van der Waals surface area (Å²) in [6.45, 7) is 6.47. The van der Waals surface area contributed by atoms with Crippen LogP contribution in [0.3, 0.4) is 0 Å². The van der Waals surface area contributed by atoms with Gasteiger partial charge in [-0.3, -0.25) is 9.59 Å². The van der Waals surface area contributed by atoms with Crippen LogP contribution in [0.25, 0.3) is 0 Å². The van der Waals surface area contributed by atoms with Crippen LogP contribution >= 0.6 is 0 Å². The average molecular weight is 832 g/mol. The van der Waals surface area contributed by atoms with Crippen molar-refractivity contribution in [1.29, 1.82) is 0 Å².